The molecule has 96 valence electrons. The number of rotatable bonds is 2. The third-order valence-electron chi connectivity index (χ3n) is 2.64. The van der Waals surface area contributed by atoms with E-state index in [1.165, 1.54) is 16.8 Å². The molecule has 2 N–H and O–H groups in total. The second-order valence-corrected chi connectivity index (χ2v) is 6.40. The lowest BCUT2D eigenvalue weighted by molar-refractivity contribution is 0.602. The summed E-state index contributed by atoms with van der Waals surface area (Å²) in [6.45, 7) is 0. The van der Waals surface area contributed by atoms with E-state index in [2.05, 4.69) is 5.10 Å². The number of aryl methyl sites for hydroxylation is 1. The van der Waals surface area contributed by atoms with Crippen LogP contribution in [0.15, 0.2) is 29.3 Å². The van der Waals surface area contributed by atoms with Crippen molar-refractivity contribution >= 4 is 27.3 Å². The Labute approximate surface area is 110 Å². The van der Waals surface area contributed by atoms with Gasteiger partial charge in [-0.15, -0.1) is 0 Å². The Morgan fingerprint density at radius 2 is 2.00 bits per heavy atom. The lowest BCUT2D eigenvalue weighted by atomic mass is 10.1. The molecule has 0 aliphatic carbocycles. The standard InChI is InChI=1S/C11H12ClN3O2S/c1-15-11(13)9(6-14-15)8-5-7(18(2,16)17)3-4-10(8)12/h3-6H,13H2,1-2H3. The van der Waals surface area contributed by atoms with Crippen molar-refractivity contribution in [2.45, 2.75) is 4.90 Å². The van der Waals surface area contributed by atoms with E-state index in [-0.39, 0.29) is 4.90 Å². The number of anilines is 1. The molecule has 0 radical (unpaired) electrons. The van der Waals surface area contributed by atoms with Crippen molar-refractivity contribution in [1.29, 1.82) is 0 Å². The van der Waals surface area contributed by atoms with Crippen LogP contribution < -0.4 is 5.73 Å². The summed E-state index contributed by atoms with van der Waals surface area (Å²) in [6.07, 6.45) is 2.70. The highest BCUT2D eigenvalue weighted by Gasteiger charge is 2.15. The molecule has 0 spiro atoms. The Kier molecular flexibility index (Phi) is 3.08. The molecule has 0 atom stereocenters. The minimum Gasteiger partial charge on any atom is -0.383 e. The van der Waals surface area contributed by atoms with Crippen molar-refractivity contribution in [2.24, 2.45) is 7.05 Å². The van der Waals surface area contributed by atoms with Crippen molar-refractivity contribution in [3.63, 3.8) is 0 Å². The number of nitrogens with zero attached hydrogens (tertiary/aromatic N) is 2. The third kappa shape index (κ3) is 2.21. The smallest absolute Gasteiger partial charge is 0.175 e. The first-order valence-electron chi connectivity index (χ1n) is 5.08. The normalized spacial score (nSPS) is 11.7. The minimum absolute atomic E-state index is 0.199. The van der Waals surface area contributed by atoms with Crippen molar-refractivity contribution in [3.8, 4) is 11.1 Å². The Morgan fingerprint density at radius 1 is 1.33 bits per heavy atom. The fraction of sp³-hybridized carbons (Fsp3) is 0.182. The van der Waals surface area contributed by atoms with E-state index in [1.54, 1.807) is 19.3 Å². The number of aromatic nitrogens is 2. The highest BCUT2D eigenvalue weighted by Crippen LogP contribution is 2.33. The monoisotopic (exact) mass is 285 g/mol. The molecule has 0 unspecified atom stereocenters. The second kappa shape index (κ2) is 4.29. The Hall–Kier alpha value is -1.53. The van der Waals surface area contributed by atoms with E-state index >= 15 is 0 Å². The van der Waals surface area contributed by atoms with Crippen molar-refractivity contribution in [3.05, 3.63) is 29.4 Å². The average Bonchev–Trinajstić information content (AvgIpc) is 2.59. The van der Waals surface area contributed by atoms with Crippen LogP contribution in [-0.4, -0.2) is 24.5 Å². The molecule has 0 aliphatic heterocycles. The lowest BCUT2D eigenvalue weighted by Crippen LogP contribution is -2.00. The maximum Gasteiger partial charge on any atom is 0.175 e. The first kappa shape index (κ1) is 12.9. The van der Waals surface area contributed by atoms with Crippen LogP contribution in [0.5, 0.6) is 0 Å². The van der Waals surface area contributed by atoms with Gasteiger partial charge >= 0.3 is 0 Å². The molecule has 0 bridgehead atoms. The van der Waals surface area contributed by atoms with Gasteiger partial charge in [-0.25, -0.2) is 8.42 Å². The van der Waals surface area contributed by atoms with Crippen molar-refractivity contribution in [1.82, 2.24) is 9.78 Å². The summed E-state index contributed by atoms with van der Waals surface area (Å²) in [5, 5.41) is 4.44. The molecule has 5 nitrogen and oxygen atoms in total. The van der Waals surface area contributed by atoms with Crippen molar-refractivity contribution < 1.29 is 8.42 Å². The molecule has 1 aromatic carbocycles. The summed E-state index contributed by atoms with van der Waals surface area (Å²) < 4.78 is 24.5. The zero-order chi connectivity index (χ0) is 13.5. The van der Waals surface area contributed by atoms with Crippen LogP contribution in [0.25, 0.3) is 11.1 Å². The number of halogens is 1. The minimum atomic E-state index is -3.28. The fourth-order valence-corrected chi connectivity index (χ4v) is 2.46. The summed E-state index contributed by atoms with van der Waals surface area (Å²) in [5.41, 5.74) is 7.03. The molecule has 2 aromatic rings. The summed E-state index contributed by atoms with van der Waals surface area (Å²) in [6, 6.07) is 4.51. The van der Waals surface area contributed by atoms with Crippen molar-refractivity contribution in [2.75, 3.05) is 12.0 Å². The largest absolute Gasteiger partial charge is 0.383 e. The summed E-state index contributed by atoms with van der Waals surface area (Å²) in [7, 11) is -1.58. The number of nitrogens with two attached hydrogens (primary N) is 1. The van der Waals surface area contributed by atoms with Crippen LogP contribution in [0.4, 0.5) is 5.82 Å². The summed E-state index contributed by atoms with van der Waals surface area (Å²) >= 11 is 6.07. The van der Waals surface area contributed by atoms with Crippen LogP contribution in [0, 0.1) is 0 Å². The topological polar surface area (TPSA) is 78.0 Å². The van der Waals surface area contributed by atoms with Gasteiger partial charge in [0.05, 0.1) is 11.1 Å². The predicted molar refractivity (Wildman–Crippen MR) is 71.2 cm³/mol. The van der Waals surface area contributed by atoms with Gasteiger partial charge in [0.25, 0.3) is 0 Å². The van der Waals surface area contributed by atoms with Crippen LogP contribution in [0.3, 0.4) is 0 Å². The summed E-state index contributed by atoms with van der Waals surface area (Å²) in [4.78, 5) is 0.199. The fourth-order valence-electron chi connectivity index (χ4n) is 1.60. The molecule has 2 rings (SSSR count). The zero-order valence-electron chi connectivity index (χ0n) is 9.88. The maximum absolute atomic E-state index is 11.5. The van der Waals surface area contributed by atoms with Gasteiger partial charge in [-0.2, -0.15) is 5.10 Å². The molecule has 0 aliphatic rings. The van der Waals surface area contributed by atoms with Gasteiger partial charge in [0.15, 0.2) is 9.84 Å². The highest BCUT2D eigenvalue weighted by atomic mass is 35.5. The van der Waals surface area contributed by atoms with E-state index in [0.29, 0.717) is 22.0 Å². The van der Waals surface area contributed by atoms with E-state index in [9.17, 15) is 8.42 Å². The number of sulfone groups is 1. The molecule has 0 fully saturated rings. The van der Waals surface area contributed by atoms with Crippen LogP contribution >= 0.6 is 11.6 Å². The molecular weight excluding hydrogens is 274 g/mol. The van der Waals surface area contributed by atoms with Gasteiger partial charge in [0.1, 0.15) is 5.82 Å². The molecular formula is C11H12ClN3O2S. The molecule has 0 saturated heterocycles. The second-order valence-electron chi connectivity index (χ2n) is 3.98. The number of hydrogen-bond acceptors (Lipinski definition) is 4. The number of hydrogen-bond donors (Lipinski definition) is 1. The molecule has 1 aromatic heterocycles. The number of nitrogen functional groups attached to an aromatic ring is 1. The van der Waals surface area contributed by atoms with Gasteiger partial charge in [0, 0.05) is 29.5 Å². The Morgan fingerprint density at radius 3 is 2.50 bits per heavy atom. The lowest BCUT2D eigenvalue weighted by Gasteiger charge is -2.06. The van der Waals surface area contributed by atoms with Gasteiger partial charge < -0.3 is 5.73 Å². The first-order chi connectivity index (χ1) is 8.30. The van der Waals surface area contributed by atoms with Gasteiger partial charge in [-0.05, 0) is 18.2 Å². The van der Waals surface area contributed by atoms with E-state index < -0.39 is 9.84 Å². The first-order valence-corrected chi connectivity index (χ1v) is 7.35. The summed E-state index contributed by atoms with van der Waals surface area (Å²) in [5.74, 6) is 0.433. The molecule has 18 heavy (non-hydrogen) atoms. The predicted octanol–water partition coefficient (Wildman–Crippen LogP) is 1.73. The Bertz CT molecular complexity index is 707. The van der Waals surface area contributed by atoms with Crippen LogP contribution in [0.2, 0.25) is 5.02 Å². The Balaban J connectivity index is 2.68. The maximum atomic E-state index is 11.5. The van der Waals surface area contributed by atoms with E-state index in [0.717, 1.165) is 6.26 Å². The molecule has 1 heterocycles. The molecule has 0 amide bonds. The van der Waals surface area contributed by atoms with Crippen LogP contribution in [0.1, 0.15) is 0 Å². The molecule has 7 heteroatoms. The average molecular weight is 286 g/mol. The van der Waals surface area contributed by atoms with Gasteiger partial charge in [0.2, 0.25) is 0 Å². The van der Waals surface area contributed by atoms with E-state index in [1.807, 2.05) is 0 Å². The van der Waals surface area contributed by atoms with Gasteiger partial charge in [-0.3, -0.25) is 4.68 Å². The quantitative estimate of drug-likeness (QED) is 0.911. The van der Waals surface area contributed by atoms with E-state index in [4.69, 9.17) is 17.3 Å². The van der Waals surface area contributed by atoms with Crippen LogP contribution in [-0.2, 0) is 16.9 Å². The third-order valence-corrected chi connectivity index (χ3v) is 4.08. The number of benzene rings is 1. The highest BCUT2D eigenvalue weighted by molar-refractivity contribution is 7.90. The van der Waals surface area contributed by atoms with Gasteiger partial charge in [-0.1, -0.05) is 11.6 Å². The molecule has 0 saturated carbocycles. The SMILES string of the molecule is Cn1ncc(-c2cc(S(C)(=O)=O)ccc2Cl)c1N. The zero-order valence-corrected chi connectivity index (χ0v) is 11.5.